The molecule has 0 saturated heterocycles. The molecule has 0 spiro atoms. The number of hydrogen-bond donors (Lipinski definition) is 0. The monoisotopic (exact) mass is 608 g/mol. The lowest BCUT2D eigenvalue weighted by molar-refractivity contribution is 0.946. The van der Waals surface area contributed by atoms with Crippen molar-refractivity contribution in [2.75, 3.05) is 0 Å². The molecule has 8 heteroatoms. The maximum atomic E-state index is 4.17. The largest absolute Gasteiger partial charge is 0.276 e. The maximum absolute atomic E-state index is 4.17. The minimum atomic E-state index is -1.66. The highest BCUT2D eigenvalue weighted by Gasteiger charge is 2.62. The molecular formula is C9H21Br5Si3. The van der Waals surface area contributed by atoms with E-state index in [0.717, 1.165) is 0 Å². The zero-order valence-electron chi connectivity index (χ0n) is 10.6. The van der Waals surface area contributed by atoms with Gasteiger partial charge in [0.2, 0.25) is 4.35 Å². The lowest BCUT2D eigenvalue weighted by Crippen LogP contribution is -2.64. The Morgan fingerprint density at radius 2 is 0.941 bits per heavy atom. The SMILES string of the molecule is CCC[Si](CCC)(CCC)[Si](Br)(Br)[Si](Br)(Br)Br. The van der Waals surface area contributed by atoms with Gasteiger partial charge in [-0.25, -0.2) is 0 Å². The summed E-state index contributed by atoms with van der Waals surface area (Å²) < 4.78 is -3.26. The number of hydrogen-bond acceptors (Lipinski definition) is 0. The molecule has 17 heavy (non-hydrogen) atoms. The predicted octanol–water partition coefficient (Wildman–Crippen LogP) is 7.18. The lowest BCUT2D eigenvalue weighted by atomic mass is 10.6. The van der Waals surface area contributed by atoms with Crippen molar-refractivity contribution >= 4 is 91.9 Å². The van der Waals surface area contributed by atoms with Crippen LogP contribution in [0.15, 0.2) is 0 Å². The van der Waals surface area contributed by atoms with Gasteiger partial charge in [0.05, 0.1) is 7.59 Å². The van der Waals surface area contributed by atoms with E-state index in [1.165, 1.54) is 37.4 Å². The Kier molecular flexibility index (Phi) is 10.0. The van der Waals surface area contributed by atoms with E-state index in [-0.39, 0.29) is 0 Å². The van der Waals surface area contributed by atoms with Gasteiger partial charge in [-0.3, -0.25) is 0 Å². The number of rotatable bonds is 8. The van der Waals surface area contributed by atoms with Crippen molar-refractivity contribution in [3.05, 3.63) is 0 Å². The van der Waals surface area contributed by atoms with Crippen LogP contribution in [0, 0.1) is 0 Å². The molecule has 0 radical (unpaired) electrons. The van der Waals surface area contributed by atoms with Crippen LogP contribution in [-0.4, -0.2) is 15.4 Å². The molecule has 0 fully saturated rings. The Balaban J connectivity index is 5.38. The Morgan fingerprint density at radius 3 is 1.12 bits per heavy atom. The van der Waals surface area contributed by atoms with Crippen LogP contribution in [0.4, 0.5) is 0 Å². The molecule has 0 saturated carbocycles. The molecule has 0 amide bonds. The minimum Gasteiger partial charge on any atom is -0.115 e. The zero-order chi connectivity index (χ0) is 13.7. The van der Waals surface area contributed by atoms with Crippen molar-refractivity contribution in [1.82, 2.24) is 0 Å². The third-order valence-electron chi connectivity index (χ3n) is 3.21. The summed E-state index contributed by atoms with van der Waals surface area (Å²) in [4.78, 5) is 0. The second-order valence-electron chi connectivity index (χ2n) is 4.60. The van der Waals surface area contributed by atoms with E-state index in [1.807, 2.05) is 0 Å². The van der Waals surface area contributed by atoms with Crippen molar-refractivity contribution in [2.24, 2.45) is 0 Å². The lowest BCUT2D eigenvalue weighted by Gasteiger charge is -2.44. The summed E-state index contributed by atoms with van der Waals surface area (Å²) in [7, 11) is -1.27. The van der Waals surface area contributed by atoms with Gasteiger partial charge in [0.15, 0.2) is 0 Å². The quantitative estimate of drug-likeness (QED) is 0.201. The first-order chi connectivity index (χ1) is 7.68. The summed E-state index contributed by atoms with van der Waals surface area (Å²) in [5.41, 5.74) is 0. The third kappa shape index (κ3) is 5.07. The smallest absolute Gasteiger partial charge is 0.115 e. The van der Waals surface area contributed by atoms with Crippen LogP contribution in [-0.2, 0) is 0 Å². The van der Waals surface area contributed by atoms with E-state index in [1.54, 1.807) is 0 Å². The van der Waals surface area contributed by atoms with Gasteiger partial charge in [0.1, 0.15) is 0 Å². The highest BCUT2D eigenvalue weighted by molar-refractivity contribution is 9.81. The van der Waals surface area contributed by atoms with E-state index < -0.39 is 15.4 Å². The van der Waals surface area contributed by atoms with Crippen LogP contribution in [0.1, 0.15) is 40.0 Å². The van der Waals surface area contributed by atoms with E-state index in [4.69, 9.17) is 0 Å². The molecule has 0 N–H and O–H groups in total. The van der Waals surface area contributed by atoms with Crippen LogP contribution in [0.5, 0.6) is 0 Å². The van der Waals surface area contributed by atoms with Gasteiger partial charge in [-0.15, -0.1) is 30.6 Å². The first-order valence-electron chi connectivity index (χ1n) is 6.13. The van der Waals surface area contributed by atoms with Crippen LogP contribution in [0.2, 0.25) is 18.1 Å². The standard InChI is InChI=1S/C9H21Br5Si3/c1-4-7-15(8-5-2,9-6-3)17(13,14)16(10,11)12/h4-9H2,1-3H3. The van der Waals surface area contributed by atoms with Crippen LogP contribution in [0.3, 0.4) is 0 Å². The van der Waals surface area contributed by atoms with Crippen LogP contribution < -0.4 is 0 Å². The third-order valence-corrected chi connectivity index (χ3v) is 107. The molecule has 0 aliphatic heterocycles. The number of halogens is 5. The van der Waals surface area contributed by atoms with Gasteiger partial charge >= 0.3 is 0 Å². The van der Waals surface area contributed by atoms with E-state index >= 15 is 0 Å². The molecule has 104 valence electrons. The molecule has 0 nitrogen and oxygen atoms in total. The van der Waals surface area contributed by atoms with Gasteiger partial charge in [0.25, 0.3) is 3.45 Å². The van der Waals surface area contributed by atoms with Crippen molar-refractivity contribution < 1.29 is 0 Å². The van der Waals surface area contributed by atoms with Crippen LogP contribution >= 0.6 is 76.5 Å². The highest BCUT2D eigenvalue weighted by atomic mass is 80.0. The average Bonchev–Trinajstić information content (AvgIpc) is 2.16. The van der Waals surface area contributed by atoms with Crippen LogP contribution in [0.25, 0.3) is 0 Å². The molecular weight excluding hydrogens is 592 g/mol. The molecule has 0 heterocycles. The van der Waals surface area contributed by atoms with Gasteiger partial charge in [0, 0.05) is 0 Å². The molecule has 0 unspecified atom stereocenters. The second kappa shape index (κ2) is 8.48. The summed E-state index contributed by atoms with van der Waals surface area (Å²) in [5.74, 6) is 0. The van der Waals surface area contributed by atoms with Crippen molar-refractivity contribution in [3.63, 3.8) is 0 Å². The van der Waals surface area contributed by atoms with Crippen molar-refractivity contribution in [1.29, 1.82) is 0 Å². The summed E-state index contributed by atoms with van der Waals surface area (Å²) in [6, 6.07) is 4.32. The first kappa shape index (κ1) is 20.1. The summed E-state index contributed by atoms with van der Waals surface area (Å²) in [6.45, 7) is 6.99. The molecule has 0 rings (SSSR count). The topological polar surface area (TPSA) is 0 Å². The molecule has 0 aromatic carbocycles. The van der Waals surface area contributed by atoms with E-state index in [2.05, 4.69) is 97.2 Å². The minimum absolute atomic E-state index is 1.27. The molecule has 0 aromatic rings. The Labute approximate surface area is 148 Å². The predicted molar refractivity (Wildman–Crippen MR) is 107 cm³/mol. The maximum Gasteiger partial charge on any atom is 0.276 e. The van der Waals surface area contributed by atoms with E-state index in [9.17, 15) is 0 Å². The zero-order valence-corrected chi connectivity index (χ0v) is 21.6. The van der Waals surface area contributed by atoms with Gasteiger partial charge in [-0.2, -0.15) is 0 Å². The summed E-state index contributed by atoms with van der Waals surface area (Å²) >= 11 is 20.1. The fourth-order valence-electron chi connectivity index (χ4n) is 2.58. The fraction of sp³-hybridized carbons (Fsp3) is 1.00. The van der Waals surface area contributed by atoms with Crippen molar-refractivity contribution in [3.8, 4) is 0 Å². The summed E-state index contributed by atoms with van der Waals surface area (Å²) in [6.07, 6.45) is 3.95. The Bertz CT molecular complexity index is 212. The Morgan fingerprint density at radius 1 is 0.647 bits per heavy atom. The van der Waals surface area contributed by atoms with Crippen molar-refractivity contribution in [2.45, 2.75) is 58.2 Å². The van der Waals surface area contributed by atoms with Gasteiger partial charge in [-0.1, -0.05) is 104 Å². The Hall–Kier alpha value is 3.05. The average molecular weight is 613 g/mol. The highest BCUT2D eigenvalue weighted by Crippen LogP contribution is 2.53. The second-order valence-corrected chi connectivity index (χ2v) is 68.2. The van der Waals surface area contributed by atoms with Gasteiger partial charge < -0.3 is 0 Å². The molecule has 0 aliphatic carbocycles. The van der Waals surface area contributed by atoms with E-state index in [0.29, 0.717) is 0 Å². The summed E-state index contributed by atoms with van der Waals surface area (Å²) in [5, 5.41) is 0. The molecule has 0 aromatic heterocycles. The molecule has 0 aliphatic rings. The first-order valence-corrected chi connectivity index (χ1v) is 26.0. The molecule has 0 atom stereocenters. The molecule has 0 bridgehead atoms. The van der Waals surface area contributed by atoms with Gasteiger partial charge in [-0.05, 0) is 0 Å². The normalized spacial score (nSPS) is 14.1. The fourth-order valence-corrected chi connectivity index (χ4v) is 68.2.